The van der Waals surface area contributed by atoms with E-state index in [0.29, 0.717) is 6.54 Å². The number of benzene rings is 1. The molecular formula is C12H14N2. The summed E-state index contributed by atoms with van der Waals surface area (Å²) in [5, 5.41) is 2.48. The minimum absolute atomic E-state index is 0.506. The monoisotopic (exact) mass is 186 g/mol. The topological polar surface area (TPSA) is 38.9 Å². The Morgan fingerprint density at radius 2 is 2.21 bits per heavy atom. The average molecular weight is 186 g/mol. The van der Waals surface area contributed by atoms with Crippen LogP contribution in [0.2, 0.25) is 0 Å². The second kappa shape index (κ2) is 3.76. The van der Waals surface area contributed by atoms with Crippen LogP contribution in [0.25, 0.3) is 10.8 Å². The van der Waals surface area contributed by atoms with Gasteiger partial charge in [-0.1, -0.05) is 25.1 Å². The fourth-order valence-corrected chi connectivity index (χ4v) is 1.70. The van der Waals surface area contributed by atoms with Crippen LogP contribution >= 0.6 is 0 Å². The largest absolute Gasteiger partial charge is 0.325 e. The van der Waals surface area contributed by atoms with Gasteiger partial charge in [0.25, 0.3) is 0 Å². The molecule has 2 heteroatoms. The van der Waals surface area contributed by atoms with Crippen LogP contribution in [0.5, 0.6) is 0 Å². The maximum absolute atomic E-state index is 5.55. The second-order valence-electron chi connectivity index (χ2n) is 3.37. The SMILES string of the molecule is CCc1cccc2cc(CN)ncc12. The third-order valence-electron chi connectivity index (χ3n) is 2.50. The predicted octanol–water partition coefficient (Wildman–Crippen LogP) is 2.26. The molecule has 0 saturated heterocycles. The number of pyridine rings is 1. The zero-order valence-electron chi connectivity index (χ0n) is 8.33. The van der Waals surface area contributed by atoms with Crippen LogP contribution in [-0.2, 0) is 13.0 Å². The van der Waals surface area contributed by atoms with E-state index in [4.69, 9.17) is 5.73 Å². The van der Waals surface area contributed by atoms with Gasteiger partial charge in [0.1, 0.15) is 0 Å². The Labute approximate surface area is 83.8 Å². The highest BCUT2D eigenvalue weighted by Crippen LogP contribution is 2.18. The molecular weight excluding hydrogens is 172 g/mol. The van der Waals surface area contributed by atoms with Crippen molar-refractivity contribution in [1.29, 1.82) is 0 Å². The molecule has 1 aromatic heterocycles. The summed E-state index contributed by atoms with van der Waals surface area (Å²) < 4.78 is 0. The highest BCUT2D eigenvalue weighted by atomic mass is 14.7. The van der Waals surface area contributed by atoms with Crippen LogP contribution < -0.4 is 5.73 Å². The number of aryl methyl sites for hydroxylation is 1. The minimum Gasteiger partial charge on any atom is -0.325 e. The van der Waals surface area contributed by atoms with Crippen LogP contribution in [0.3, 0.4) is 0 Å². The van der Waals surface area contributed by atoms with Crippen molar-refractivity contribution in [1.82, 2.24) is 4.98 Å². The Balaban J connectivity index is 2.67. The summed E-state index contributed by atoms with van der Waals surface area (Å²) in [6.45, 7) is 2.66. The summed E-state index contributed by atoms with van der Waals surface area (Å²) >= 11 is 0. The third kappa shape index (κ3) is 1.49. The Hall–Kier alpha value is -1.41. The number of hydrogen-bond donors (Lipinski definition) is 1. The minimum atomic E-state index is 0.506. The molecule has 0 radical (unpaired) electrons. The first-order valence-electron chi connectivity index (χ1n) is 4.91. The summed E-state index contributed by atoms with van der Waals surface area (Å²) in [5.41, 5.74) is 7.84. The number of aromatic nitrogens is 1. The molecule has 0 atom stereocenters. The van der Waals surface area contributed by atoms with Gasteiger partial charge in [-0.2, -0.15) is 0 Å². The molecule has 0 spiro atoms. The first-order valence-corrected chi connectivity index (χ1v) is 4.91. The standard InChI is InChI=1S/C12H14N2/c1-2-9-4-3-5-10-6-11(7-13)14-8-12(9)10/h3-6,8H,2,7,13H2,1H3. The van der Waals surface area contributed by atoms with E-state index in [-0.39, 0.29) is 0 Å². The number of rotatable bonds is 2. The Bertz CT molecular complexity index is 449. The summed E-state index contributed by atoms with van der Waals surface area (Å²) in [5.74, 6) is 0. The van der Waals surface area contributed by atoms with Crippen LogP contribution in [0.15, 0.2) is 30.5 Å². The first kappa shape index (κ1) is 9.16. The molecule has 14 heavy (non-hydrogen) atoms. The average Bonchev–Trinajstić information content (AvgIpc) is 2.27. The smallest absolute Gasteiger partial charge is 0.0545 e. The quantitative estimate of drug-likeness (QED) is 0.781. The van der Waals surface area contributed by atoms with Gasteiger partial charge in [0.2, 0.25) is 0 Å². The van der Waals surface area contributed by atoms with Crippen LogP contribution in [0, 0.1) is 0 Å². The molecule has 2 aromatic rings. The molecule has 0 amide bonds. The van der Waals surface area contributed by atoms with E-state index < -0.39 is 0 Å². The lowest BCUT2D eigenvalue weighted by atomic mass is 10.0. The lowest BCUT2D eigenvalue weighted by molar-refractivity contribution is 0.996. The van der Waals surface area contributed by atoms with Crippen molar-refractivity contribution in [3.8, 4) is 0 Å². The van der Waals surface area contributed by atoms with Gasteiger partial charge in [0.05, 0.1) is 5.69 Å². The maximum Gasteiger partial charge on any atom is 0.0545 e. The molecule has 0 aliphatic heterocycles. The molecule has 1 aromatic carbocycles. The van der Waals surface area contributed by atoms with Crippen molar-refractivity contribution in [3.05, 3.63) is 41.7 Å². The molecule has 2 N–H and O–H groups in total. The Morgan fingerprint density at radius 1 is 1.36 bits per heavy atom. The van der Waals surface area contributed by atoms with E-state index in [0.717, 1.165) is 12.1 Å². The highest BCUT2D eigenvalue weighted by molar-refractivity contribution is 5.85. The lowest BCUT2D eigenvalue weighted by Crippen LogP contribution is -1.99. The van der Waals surface area contributed by atoms with Crippen molar-refractivity contribution < 1.29 is 0 Å². The summed E-state index contributed by atoms with van der Waals surface area (Å²) in [6.07, 6.45) is 2.97. The normalized spacial score (nSPS) is 10.7. The van der Waals surface area contributed by atoms with Crippen LogP contribution in [0.1, 0.15) is 18.2 Å². The van der Waals surface area contributed by atoms with Crippen molar-refractivity contribution in [2.75, 3.05) is 0 Å². The van der Waals surface area contributed by atoms with Crippen molar-refractivity contribution in [2.45, 2.75) is 19.9 Å². The van der Waals surface area contributed by atoms with E-state index in [1.54, 1.807) is 0 Å². The van der Waals surface area contributed by atoms with E-state index in [1.807, 2.05) is 6.20 Å². The molecule has 0 aliphatic rings. The van der Waals surface area contributed by atoms with Gasteiger partial charge in [0.15, 0.2) is 0 Å². The predicted molar refractivity (Wildman–Crippen MR) is 59.0 cm³/mol. The van der Waals surface area contributed by atoms with Gasteiger partial charge < -0.3 is 5.73 Å². The van der Waals surface area contributed by atoms with Gasteiger partial charge >= 0.3 is 0 Å². The van der Waals surface area contributed by atoms with E-state index in [1.165, 1.54) is 16.3 Å². The zero-order valence-corrected chi connectivity index (χ0v) is 8.33. The van der Waals surface area contributed by atoms with E-state index in [9.17, 15) is 0 Å². The number of fused-ring (bicyclic) bond motifs is 1. The summed E-state index contributed by atoms with van der Waals surface area (Å²) in [7, 11) is 0. The van der Waals surface area contributed by atoms with Gasteiger partial charge in [0, 0.05) is 18.1 Å². The van der Waals surface area contributed by atoms with Gasteiger partial charge in [-0.15, -0.1) is 0 Å². The van der Waals surface area contributed by atoms with Crippen LogP contribution in [-0.4, -0.2) is 4.98 Å². The molecule has 2 nitrogen and oxygen atoms in total. The van der Waals surface area contributed by atoms with Crippen LogP contribution in [0.4, 0.5) is 0 Å². The maximum atomic E-state index is 5.55. The third-order valence-corrected chi connectivity index (χ3v) is 2.50. The molecule has 0 unspecified atom stereocenters. The molecule has 0 aliphatic carbocycles. The molecule has 72 valence electrons. The number of nitrogens with two attached hydrogens (primary N) is 1. The van der Waals surface area contributed by atoms with E-state index in [2.05, 4.69) is 36.2 Å². The summed E-state index contributed by atoms with van der Waals surface area (Å²) in [4.78, 5) is 4.31. The molecule has 0 saturated carbocycles. The lowest BCUT2D eigenvalue weighted by Gasteiger charge is -2.04. The highest BCUT2D eigenvalue weighted by Gasteiger charge is 2.00. The first-order chi connectivity index (χ1) is 6.85. The van der Waals surface area contributed by atoms with Gasteiger partial charge in [-0.3, -0.25) is 4.98 Å². The van der Waals surface area contributed by atoms with E-state index >= 15 is 0 Å². The molecule has 0 fully saturated rings. The fraction of sp³-hybridized carbons (Fsp3) is 0.250. The van der Waals surface area contributed by atoms with Crippen molar-refractivity contribution in [3.63, 3.8) is 0 Å². The molecule has 2 rings (SSSR count). The fourth-order valence-electron chi connectivity index (χ4n) is 1.70. The summed E-state index contributed by atoms with van der Waals surface area (Å²) in [6, 6.07) is 8.40. The Morgan fingerprint density at radius 3 is 2.93 bits per heavy atom. The second-order valence-corrected chi connectivity index (χ2v) is 3.37. The zero-order chi connectivity index (χ0) is 9.97. The van der Waals surface area contributed by atoms with Crippen molar-refractivity contribution >= 4 is 10.8 Å². The number of hydrogen-bond acceptors (Lipinski definition) is 2. The van der Waals surface area contributed by atoms with Gasteiger partial charge in [-0.05, 0) is 23.4 Å². The number of nitrogens with zero attached hydrogens (tertiary/aromatic N) is 1. The van der Waals surface area contributed by atoms with Crippen molar-refractivity contribution in [2.24, 2.45) is 5.73 Å². The Kier molecular flexibility index (Phi) is 2.46. The molecule has 1 heterocycles. The van der Waals surface area contributed by atoms with Gasteiger partial charge in [-0.25, -0.2) is 0 Å². The molecule has 0 bridgehead atoms.